The van der Waals surface area contributed by atoms with Crippen LogP contribution >= 0.6 is 0 Å². The SMILES string of the molecule is COS(C)(=O)=O.[H-].[Li+]. The normalized spacial score (nSPS) is 10.0. The van der Waals surface area contributed by atoms with Gasteiger partial charge >= 0.3 is 18.9 Å². The quantitative estimate of drug-likeness (QED) is 0.268. The van der Waals surface area contributed by atoms with Gasteiger partial charge in [0.1, 0.15) is 0 Å². The molecule has 0 unspecified atom stereocenters. The average molecular weight is 118 g/mol. The Morgan fingerprint density at radius 3 is 1.71 bits per heavy atom. The van der Waals surface area contributed by atoms with E-state index in [0.717, 1.165) is 13.4 Å². The third-order valence-electron chi connectivity index (χ3n) is 0.303. The molecule has 0 bridgehead atoms. The van der Waals surface area contributed by atoms with E-state index in [9.17, 15) is 8.42 Å². The van der Waals surface area contributed by atoms with E-state index < -0.39 is 10.1 Å². The summed E-state index contributed by atoms with van der Waals surface area (Å²) < 4.78 is 23.5. The van der Waals surface area contributed by atoms with Crippen molar-refractivity contribution in [2.45, 2.75) is 0 Å². The van der Waals surface area contributed by atoms with Crippen LogP contribution in [0.5, 0.6) is 0 Å². The summed E-state index contributed by atoms with van der Waals surface area (Å²) in [6.07, 6.45) is 0.993. The predicted molar refractivity (Wildman–Crippen MR) is 23.0 cm³/mol. The van der Waals surface area contributed by atoms with E-state index in [1.165, 1.54) is 0 Å². The van der Waals surface area contributed by atoms with Crippen LogP contribution in [0.1, 0.15) is 1.43 Å². The van der Waals surface area contributed by atoms with Gasteiger partial charge in [-0.3, -0.25) is 4.18 Å². The minimum Gasteiger partial charge on any atom is -1.00 e. The van der Waals surface area contributed by atoms with Gasteiger partial charge in [-0.15, -0.1) is 0 Å². The van der Waals surface area contributed by atoms with Gasteiger partial charge in [-0.2, -0.15) is 8.42 Å². The Morgan fingerprint density at radius 2 is 1.71 bits per heavy atom. The largest absolute Gasteiger partial charge is 1.00 e. The Morgan fingerprint density at radius 1 is 1.57 bits per heavy atom. The zero-order valence-electron chi connectivity index (χ0n) is 5.63. The summed E-state index contributed by atoms with van der Waals surface area (Å²) in [6, 6.07) is 0. The van der Waals surface area contributed by atoms with E-state index in [0.29, 0.717) is 0 Å². The molecule has 0 radical (unpaired) electrons. The molecule has 0 aliphatic carbocycles. The fraction of sp³-hybridized carbons (Fsp3) is 1.00. The maximum atomic E-state index is 9.78. The van der Waals surface area contributed by atoms with Gasteiger partial charge in [-0.05, 0) is 0 Å². The van der Waals surface area contributed by atoms with Crippen molar-refractivity contribution in [2.75, 3.05) is 13.4 Å². The van der Waals surface area contributed by atoms with Crippen LogP contribution in [0.2, 0.25) is 0 Å². The maximum Gasteiger partial charge on any atom is 1.00 e. The van der Waals surface area contributed by atoms with E-state index in [1.54, 1.807) is 0 Å². The molecule has 0 aromatic carbocycles. The summed E-state index contributed by atoms with van der Waals surface area (Å²) in [7, 11) is -2.04. The second-order valence-electron chi connectivity index (χ2n) is 0.871. The van der Waals surface area contributed by atoms with Crippen LogP contribution < -0.4 is 18.9 Å². The Balaban J connectivity index is -0.000000125. The van der Waals surface area contributed by atoms with Gasteiger partial charge in [0, 0.05) is 0 Å². The topological polar surface area (TPSA) is 43.4 Å². The minimum absolute atomic E-state index is 0. The van der Waals surface area contributed by atoms with Crippen LogP contribution in [0.3, 0.4) is 0 Å². The van der Waals surface area contributed by atoms with E-state index in [4.69, 9.17) is 0 Å². The van der Waals surface area contributed by atoms with Crippen LogP contribution in [0.15, 0.2) is 0 Å². The smallest absolute Gasteiger partial charge is 1.00 e. The standard InChI is InChI=1S/C2H6O3S.Li.H/c1-5-6(2,3)4;;/h1-2H3;;/q;+1;-1. The molecule has 0 aliphatic heterocycles. The summed E-state index contributed by atoms with van der Waals surface area (Å²) in [5.74, 6) is 0. The Labute approximate surface area is 56.8 Å². The van der Waals surface area contributed by atoms with Crippen LogP contribution in [-0.2, 0) is 14.3 Å². The van der Waals surface area contributed by atoms with Crippen molar-refractivity contribution >= 4 is 10.1 Å². The zero-order valence-corrected chi connectivity index (χ0v) is 5.45. The third-order valence-corrected chi connectivity index (χ3v) is 0.908. The van der Waals surface area contributed by atoms with Crippen molar-refractivity contribution in [1.29, 1.82) is 0 Å². The molecule has 0 saturated carbocycles. The van der Waals surface area contributed by atoms with Gasteiger partial charge in [-0.25, -0.2) is 0 Å². The molecular formula is C2H7LiO3S. The summed E-state index contributed by atoms with van der Waals surface area (Å²) in [6.45, 7) is 0. The molecule has 0 rings (SSSR count). The molecular weight excluding hydrogens is 111 g/mol. The molecule has 0 fully saturated rings. The van der Waals surface area contributed by atoms with Gasteiger partial charge < -0.3 is 1.43 Å². The molecule has 0 spiro atoms. The summed E-state index contributed by atoms with van der Waals surface area (Å²) >= 11 is 0. The van der Waals surface area contributed by atoms with Crippen LogP contribution in [0, 0.1) is 0 Å². The molecule has 0 saturated heterocycles. The van der Waals surface area contributed by atoms with Crippen molar-refractivity contribution in [3.63, 3.8) is 0 Å². The molecule has 0 N–H and O–H groups in total. The first-order valence-corrected chi connectivity index (χ1v) is 3.13. The van der Waals surface area contributed by atoms with E-state index in [1.807, 2.05) is 0 Å². The van der Waals surface area contributed by atoms with Crippen LogP contribution in [-0.4, -0.2) is 21.8 Å². The fourth-order valence-electron chi connectivity index (χ4n) is 0. The van der Waals surface area contributed by atoms with E-state index in [-0.39, 0.29) is 20.3 Å². The number of hydrogen-bond acceptors (Lipinski definition) is 3. The molecule has 7 heavy (non-hydrogen) atoms. The first-order valence-electron chi connectivity index (χ1n) is 1.32. The zero-order chi connectivity index (χ0) is 5.21. The van der Waals surface area contributed by atoms with E-state index >= 15 is 0 Å². The fourth-order valence-corrected chi connectivity index (χ4v) is 0. The monoisotopic (exact) mass is 118 g/mol. The minimum atomic E-state index is -3.16. The molecule has 3 nitrogen and oxygen atoms in total. The van der Waals surface area contributed by atoms with Crippen LogP contribution in [0.4, 0.5) is 0 Å². The molecule has 5 heteroatoms. The molecule has 0 aromatic heterocycles. The summed E-state index contributed by atoms with van der Waals surface area (Å²) in [5.41, 5.74) is 0. The first-order chi connectivity index (χ1) is 2.56. The first kappa shape index (κ1) is 10.5. The van der Waals surface area contributed by atoms with Crippen molar-refractivity contribution in [2.24, 2.45) is 0 Å². The molecule has 0 aliphatic rings. The second-order valence-corrected chi connectivity index (χ2v) is 2.61. The number of hydrogen-bond donors (Lipinski definition) is 0. The van der Waals surface area contributed by atoms with Crippen molar-refractivity contribution in [1.82, 2.24) is 0 Å². The summed E-state index contributed by atoms with van der Waals surface area (Å²) in [5, 5.41) is 0. The Bertz CT molecular complexity index is 119. The van der Waals surface area contributed by atoms with Gasteiger partial charge in [0.25, 0.3) is 10.1 Å². The molecule has 0 atom stereocenters. The Hall–Kier alpha value is 0.507. The molecule has 0 aromatic rings. The maximum absolute atomic E-state index is 9.78. The molecule has 40 valence electrons. The van der Waals surface area contributed by atoms with Gasteiger partial charge in [0.15, 0.2) is 0 Å². The molecule has 0 heterocycles. The Kier molecular flexibility index (Phi) is 5.24. The van der Waals surface area contributed by atoms with Gasteiger partial charge in [0.05, 0.1) is 13.4 Å². The second kappa shape index (κ2) is 3.50. The average Bonchev–Trinajstić information content (AvgIpc) is 1.35. The van der Waals surface area contributed by atoms with Crippen molar-refractivity contribution < 1.29 is 32.9 Å². The van der Waals surface area contributed by atoms with Gasteiger partial charge in [-0.1, -0.05) is 0 Å². The van der Waals surface area contributed by atoms with Gasteiger partial charge in [0.2, 0.25) is 0 Å². The van der Waals surface area contributed by atoms with Crippen LogP contribution in [0.25, 0.3) is 0 Å². The van der Waals surface area contributed by atoms with E-state index in [2.05, 4.69) is 4.18 Å². The summed E-state index contributed by atoms with van der Waals surface area (Å²) in [4.78, 5) is 0. The van der Waals surface area contributed by atoms with Crippen molar-refractivity contribution in [3.8, 4) is 0 Å². The molecule has 0 amide bonds. The van der Waals surface area contributed by atoms with Crippen molar-refractivity contribution in [3.05, 3.63) is 0 Å². The third kappa shape index (κ3) is 10.7. The number of rotatable bonds is 1. The predicted octanol–water partition coefficient (Wildman–Crippen LogP) is -3.29.